The van der Waals surface area contributed by atoms with Crippen LogP contribution in [0.4, 0.5) is 0 Å². The van der Waals surface area contributed by atoms with Crippen molar-refractivity contribution in [3.05, 3.63) is 9.81 Å². The van der Waals surface area contributed by atoms with Crippen molar-refractivity contribution in [3.63, 3.8) is 0 Å². The summed E-state index contributed by atoms with van der Waals surface area (Å²) in [7, 11) is 0. The number of thioether (sulfide) groups is 2. The highest BCUT2D eigenvalue weighted by atomic mass is 32.2. The summed E-state index contributed by atoms with van der Waals surface area (Å²) in [6, 6.07) is 0. The van der Waals surface area contributed by atoms with E-state index in [-0.39, 0.29) is 0 Å². The Balaban J connectivity index is 2.29. The fraction of sp³-hybridized carbons (Fsp3) is 0.875. The quantitative estimate of drug-likeness (QED) is 0.414. The molecule has 0 N–H and O–H groups in total. The molecule has 1 aliphatic heterocycles. The van der Waals surface area contributed by atoms with Crippen LogP contribution in [0.2, 0.25) is 0 Å². The van der Waals surface area contributed by atoms with Gasteiger partial charge in [0.15, 0.2) is 0 Å². The Hall–Kier alpha value is 0.440. The summed E-state index contributed by atoms with van der Waals surface area (Å²) >= 11 is 4.30. The molecular weight excluding hydrogens is 256 g/mol. The normalized spacial score (nSPS) is 16.3. The van der Waals surface area contributed by atoms with Gasteiger partial charge in [-0.2, -0.15) is 0 Å². The Morgan fingerprint density at radius 3 is 1.50 bits per heavy atom. The van der Waals surface area contributed by atoms with Gasteiger partial charge in [-0.1, -0.05) is 52.4 Å². The van der Waals surface area contributed by atoms with Gasteiger partial charge in [0, 0.05) is 11.5 Å². The maximum Gasteiger partial charge on any atom is 0.00715 e. The van der Waals surface area contributed by atoms with Crippen LogP contribution in [0.3, 0.4) is 0 Å². The SMILES string of the molecule is CCCCCCC1=C(CCCCCC)SCCS1. The van der Waals surface area contributed by atoms with Crippen molar-refractivity contribution in [3.8, 4) is 0 Å². The summed E-state index contributed by atoms with van der Waals surface area (Å²) in [4.78, 5) is 3.50. The number of unbranched alkanes of at least 4 members (excludes halogenated alkanes) is 6. The molecule has 1 aliphatic rings. The molecule has 2 heteroatoms. The lowest BCUT2D eigenvalue weighted by Crippen LogP contribution is -1.98. The van der Waals surface area contributed by atoms with E-state index in [0.29, 0.717) is 0 Å². The molecule has 106 valence electrons. The second kappa shape index (κ2) is 11.3. The molecule has 0 radical (unpaired) electrons. The van der Waals surface area contributed by atoms with Crippen molar-refractivity contribution < 1.29 is 0 Å². The fourth-order valence-electron chi connectivity index (χ4n) is 2.34. The van der Waals surface area contributed by atoms with Crippen LogP contribution >= 0.6 is 23.5 Å². The van der Waals surface area contributed by atoms with Crippen LogP contribution < -0.4 is 0 Å². The van der Waals surface area contributed by atoms with Crippen molar-refractivity contribution in [2.75, 3.05) is 11.5 Å². The first-order valence-corrected chi connectivity index (χ1v) is 9.83. The molecule has 0 unspecified atom stereocenters. The minimum Gasteiger partial charge on any atom is -0.129 e. The van der Waals surface area contributed by atoms with Crippen molar-refractivity contribution in [2.45, 2.75) is 78.1 Å². The smallest absolute Gasteiger partial charge is 0.00715 e. The predicted octanol–water partition coefficient (Wildman–Crippen LogP) is 6.62. The lowest BCUT2D eigenvalue weighted by molar-refractivity contribution is 0.661. The molecule has 0 nitrogen and oxygen atoms in total. The van der Waals surface area contributed by atoms with Gasteiger partial charge in [-0.3, -0.25) is 0 Å². The van der Waals surface area contributed by atoms with Crippen molar-refractivity contribution in [2.24, 2.45) is 0 Å². The first kappa shape index (κ1) is 16.5. The molecule has 0 aromatic carbocycles. The summed E-state index contributed by atoms with van der Waals surface area (Å²) in [5, 5.41) is 0. The summed E-state index contributed by atoms with van der Waals surface area (Å²) in [5.74, 6) is 2.68. The second-order valence-electron chi connectivity index (χ2n) is 5.16. The first-order valence-electron chi connectivity index (χ1n) is 7.86. The number of rotatable bonds is 10. The zero-order valence-corrected chi connectivity index (χ0v) is 13.9. The Bertz CT molecular complexity index is 209. The molecule has 0 fully saturated rings. The van der Waals surface area contributed by atoms with Gasteiger partial charge in [-0.25, -0.2) is 0 Å². The van der Waals surface area contributed by atoms with Gasteiger partial charge in [0.1, 0.15) is 0 Å². The van der Waals surface area contributed by atoms with E-state index in [2.05, 4.69) is 37.4 Å². The Kier molecular flexibility index (Phi) is 10.3. The van der Waals surface area contributed by atoms with Crippen LogP contribution in [0.15, 0.2) is 9.81 Å². The van der Waals surface area contributed by atoms with E-state index >= 15 is 0 Å². The van der Waals surface area contributed by atoms with Gasteiger partial charge < -0.3 is 0 Å². The number of allylic oxidation sites excluding steroid dienone is 2. The topological polar surface area (TPSA) is 0 Å². The van der Waals surface area contributed by atoms with Crippen LogP contribution in [0.5, 0.6) is 0 Å². The average molecular weight is 287 g/mol. The van der Waals surface area contributed by atoms with E-state index in [1.165, 1.54) is 75.7 Å². The Morgan fingerprint density at radius 1 is 0.667 bits per heavy atom. The van der Waals surface area contributed by atoms with E-state index in [4.69, 9.17) is 0 Å². The molecule has 0 spiro atoms. The van der Waals surface area contributed by atoms with Gasteiger partial charge in [-0.05, 0) is 35.5 Å². The highest BCUT2D eigenvalue weighted by Crippen LogP contribution is 2.39. The summed E-state index contributed by atoms with van der Waals surface area (Å²) in [5.41, 5.74) is 0. The van der Waals surface area contributed by atoms with E-state index in [1.54, 1.807) is 9.81 Å². The molecule has 1 heterocycles. The van der Waals surface area contributed by atoms with E-state index in [0.717, 1.165) is 0 Å². The summed E-state index contributed by atoms with van der Waals surface area (Å²) in [6.45, 7) is 4.59. The zero-order chi connectivity index (χ0) is 13.1. The van der Waals surface area contributed by atoms with Crippen LogP contribution in [0, 0.1) is 0 Å². The Labute approximate surface area is 123 Å². The third-order valence-corrected chi connectivity index (χ3v) is 6.26. The van der Waals surface area contributed by atoms with Crippen molar-refractivity contribution in [1.82, 2.24) is 0 Å². The van der Waals surface area contributed by atoms with Gasteiger partial charge in [0.25, 0.3) is 0 Å². The highest BCUT2D eigenvalue weighted by molar-refractivity contribution is 8.09. The minimum atomic E-state index is 1.34. The summed E-state index contributed by atoms with van der Waals surface area (Å²) in [6.07, 6.45) is 13.9. The number of hydrogen-bond donors (Lipinski definition) is 0. The lowest BCUT2D eigenvalue weighted by atomic mass is 10.1. The molecule has 0 atom stereocenters. The standard InChI is InChI=1S/C16H30S2/c1-3-5-7-9-11-15-16(18-14-13-17-15)12-10-8-6-4-2/h3-14H2,1-2H3. The molecule has 0 saturated heterocycles. The molecule has 18 heavy (non-hydrogen) atoms. The Morgan fingerprint density at radius 2 is 1.11 bits per heavy atom. The molecule has 1 rings (SSSR count). The van der Waals surface area contributed by atoms with E-state index < -0.39 is 0 Å². The minimum absolute atomic E-state index is 1.34. The maximum atomic E-state index is 2.30. The predicted molar refractivity (Wildman–Crippen MR) is 89.5 cm³/mol. The number of hydrogen-bond acceptors (Lipinski definition) is 2. The van der Waals surface area contributed by atoms with Crippen LogP contribution in [0.25, 0.3) is 0 Å². The van der Waals surface area contributed by atoms with Gasteiger partial charge in [0.05, 0.1) is 0 Å². The van der Waals surface area contributed by atoms with Gasteiger partial charge >= 0.3 is 0 Å². The second-order valence-corrected chi connectivity index (χ2v) is 7.54. The van der Waals surface area contributed by atoms with Gasteiger partial charge in [0.2, 0.25) is 0 Å². The van der Waals surface area contributed by atoms with Crippen LogP contribution in [-0.4, -0.2) is 11.5 Å². The van der Waals surface area contributed by atoms with Crippen molar-refractivity contribution >= 4 is 23.5 Å². The molecule has 0 amide bonds. The molecule has 0 aromatic rings. The average Bonchev–Trinajstić information content (AvgIpc) is 2.41. The third kappa shape index (κ3) is 7.13. The van der Waals surface area contributed by atoms with Crippen LogP contribution in [0.1, 0.15) is 78.1 Å². The largest absolute Gasteiger partial charge is 0.129 e. The molecule has 0 saturated carbocycles. The van der Waals surface area contributed by atoms with Crippen LogP contribution in [-0.2, 0) is 0 Å². The van der Waals surface area contributed by atoms with Crippen molar-refractivity contribution in [1.29, 1.82) is 0 Å². The highest BCUT2D eigenvalue weighted by Gasteiger charge is 2.13. The van der Waals surface area contributed by atoms with E-state index in [1.807, 2.05) is 0 Å². The third-order valence-electron chi connectivity index (χ3n) is 3.46. The monoisotopic (exact) mass is 286 g/mol. The van der Waals surface area contributed by atoms with Gasteiger partial charge in [-0.15, -0.1) is 23.5 Å². The fourth-order valence-corrected chi connectivity index (χ4v) is 4.96. The lowest BCUT2D eigenvalue weighted by Gasteiger charge is -2.19. The summed E-state index contributed by atoms with van der Waals surface area (Å²) < 4.78 is 0. The molecule has 0 bridgehead atoms. The maximum absolute atomic E-state index is 2.30. The first-order chi connectivity index (χ1) is 8.88. The molecule has 0 aliphatic carbocycles. The zero-order valence-electron chi connectivity index (χ0n) is 12.3. The molecule has 0 aromatic heterocycles. The molecular formula is C16H30S2. The van der Waals surface area contributed by atoms with E-state index in [9.17, 15) is 0 Å².